The van der Waals surface area contributed by atoms with Crippen LogP contribution in [0.25, 0.3) is 11.1 Å². The van der Waals surface area contributed by atoms with Crippen LogP contribution < -0.4 is 15.4 Å². The third-order valence-electron chi connectivity index (χ3n) is 6.36. The molecule has 2 fully saturated rings. The highest BCUT2D eigenvalue weighted by Gasteiger charge is 2.43. The monoisotopic (exact) mass is 464 g/mol. The molecule has 0 aromatic heterocycles. The number of benzene rings is 2. The number of nitrogens with one attached hydrogen (secondary N) is 3. The highest BCUT2D eigenvalue weighted by Crippen LogP contribution is 2.35. The fraction of sp³-hybridized carbons (Fsp3) is 0.320. The van der Waals surface area contributed by atoms with Gasteiger partial charge in [-0.25, -0.2) is 8.60 Å². The van der Waals surface area contributed by atoms with Crippen molar-refractivity contribution >= 4 is 21.5 Å². The smallest absolute Gasteiger partial charge is 0.238 e. The van der Waals surface area contributed by atoms with E-state index in [1.54, 1.807) is 36.4 Å². The van der Waals surface area contributed by atoms with Crippen LogP contribution in [0.2, 0.25) is 0 Å². The molecule has 2 bridgehead atoms. The fourth-order valence-electron chi connectivity index (χ4n) is 4.69. The van der Waals surface area contributed by atoms with Crippen molar-refractivity contribution < 1.29 is 13.4 Å². The van der Waals surface area contributed by atoms with Gasteiger partial charge in [0, 0.05) is 18.5 Å². The molecular formula is C25H25FN4O2S. The van der Waals surface area contributed by atoms with Crippen molar-refractivity contribution in [1.29, 1.82) is 5.26 Å². The van der Waals surface area contributed by atoms with Crippen molar-refractivity contribution in [3.8, 4) is 29.7 Å². The molecule has 8 heteroatoms. The van der Waals surface area contributed by atoms with Gasteiger partial charge in [-0.3, -0.25) is 9.52 Å². The lowest BCUT2D eigenvalue weighted by atomic mass is 9.98. The quantitative estimate of drug-likeness (QED) is 0.333. The molecule has 170 valence electrons. The van der Waals surface area contributed by atoms with Gasteiger partial charge in [-0.1, -0.05) is 30.7 Å². The van der Waals surface area contributed by atoms with E-state index in [2.05, 4.69) is 33.3 Å². The number of piperidine rings is 1. The molecule has 1 saturated carbocycles. The Bertz CT molecular complexity index is 1260. The first-order chi connectivity index (χ1) is 15.8. The van der Waals surface area contributed by atoms with Gasteiger partial charge in [0.25, 0.3) is 0 Å². The standard InChI is InChI=1S/C25H25FN4O2S/c1-3-28-33(2,32)22-6-4-5-16(13-22)17-7-8-18(23(26)14-17)11-21(15-27)30-25(31)24-19-9-10-20(12-19)29-24/h1,4-8,13-14,19-21,24,29H,2,9-12H2,(H,28,32)(H,30,31). The van der Waals surface area contributed by atoms with E-state index in [0.29, 0.717) is 33.5 Å². The number of carbonyl (C=O) groups is 1. The lowest BCUT2D eigenvalue weighted by Crippen LogP contribution is -2.50. The molecule has 2 aliphatic rings. The summed E-state index contributed by atoms with van der Waals surface area (Å²) >= 11 is 0. The summed E-state index contributed by atoms with van der Waals surface area (Å²) in [6, 6.07) is 14.9. The molecular weight excluding hydrogens is 439 g/mol. The highest BCUT2D eigenvalue weighted by atomic mass is 32.2. The van der Waals surface area contributed by atoms with E-state index >= 15 is 0 Å². The Labute approximate surface area is 193 Å². The Morgan fingerprint density at radius 3 is 2.73 bits per heavy atom. The number of rotatable bonds is 7. The first-order valence-electron chi connectivity index (χ1n) is 10.7. The number of hydrogen-bond donors (Lipinski definition) is 3. The predicted octanol–water partition coefficient (Wildman–Crippen LogP) is 2.35. The molecule has 1 heterocycles. The van der Waals surface area contributed by atoms with Crippen LogP contribution in [0.15, 0.2) is 47.4 Å². The molecule has 1 amide bonds. The Kier molecular flexibility index (Phi) is 6.42. The largest absolute Gasteiger partial charge is 0.339 e. The van der Waals surface area contributed by atoms with Crippen LogP contribution in [0.3, 0.4) is 0 Å². The first-order valence-corrected chi connectivity index (χ1v) is 12.5. The van der Waals surface area contributed by atoms with Crippen LogP contribution in [0.5, 0.6) is 0 Å². The summed E-state index contributed by atoms with van der Waals surface area (Å²) in [5.74, 6) is 3.27. The van der Waals surface area contributed by atoms with Crippen molar-refractivity contribution in [1.82, 2.24) is 15.4 Å². The molecule has 0 radical (unpaired) electrons. The van der Waals surface area contributed by atoms with E-state index < -0.39 is 21.6 Å². The summed E-state index contributed by atoms with van der Waals surface area (Å²) in [5.41, 5.74) is 1.57. The zero-order valence-electron chi connectivity index (χ0n) is 18.0. The third-order valence-corrected chi connectivity index (χ3v) is 7.83. The minimum Gasteiger partial charge on any atom is -0.339 e. The van der Waals surface area contributed by atoms with Gasteiger partial charge in [0.1, 0.15) is 11.9 Å². The average molecular weight is 465 g/mol. The highest BCUT2D eigenvalue weighted by molar-refractivity contribution is 7.98. The second kappa shape index (κ2) is 9.27. The molecule has 0 spiro atoms. The van der Waals surface area contributed by atoms with E-state index in [-0.39, 0.29) is 18.4 Å². The lowest BCUT2D eigenvalue weighted by Gasteiger charge is -2.23. The van der Waals surface area contributed by atoms with Crippen LogP contribution in [-0.4, -0.2) is 34.1 Å². The SMILES string of the molecule is C#CNS(=C)(=O)c1cccc(-c2ccc(CC(C#N)NC(=O)C3NC4CCC3C4)c(F)c2)c1. The molecule has 1 aliphatic carbocycles. The number of hydrogen-bond acceptors (Lipinski definition) is 4. The molecule has 2 aromatic carbocycles. The minimum absolute atomic E-state index is 0.0635. The number of nitrogens with zero attached hydrogens (tertiary/aromatic N) is 1. The van der Waals surface area contributed by atoms with Crippen LogP contribution in [0.4, 0.5) is 4.39 Å². The number of halogens is 1. The molecule has 2 aromatic rings. The molecule has 1 saturated heterocycles. The number of terminal acetylenes is 1. The van der Waals surface area contributed by atoms with Crippen LogP contribution in [0.1, 0.15) is 24.8 Å². The van der Waals surface area contributed by atoms with Gasteiger partial charge in [0.05, 0.1) is 26.7 Å². The Balaban J connectivity index is 1.47. The van der Waals surface area contributed by atoms with Gasteiger partial charge >= 0.3 is 0 Å². The zero-order valence-corrected chi connectivity index (χ0v) is 18.8. The first kappa shape index (κ1) is 22.8. The van der Waals surface area contributed by atoms with E-state index in [0.717, 1.165) is 19.3 Å². The lowest BCUT2D eigenvalue weighted by molar-refractivity contribution is -0.124. The van der Waals surface area contributed by atoms with Crippen LogP contribution in [0, 0.1) is 35.5 Å². The number of amides is 1. The molecule has 5 atom stereocenters. The molecule has 6 nitrogen and oxygen atoms in total. The molecule has 5 unspecified atom stereocenters. The normalized spacial score (nSPS) is 23.7. The van der Waals surface area contributed by atoms with Crippen molar-refractivity contribution in [3.05, 3.63) is 53.8 Å². The van der Waals surface area contributed by atoms with E-state index in [1.165, 1.54) is 6.07 Å². The molecule has 1 aliphatic heterocycles. The maximum atomic E-state index is 14.9. The number of nitriles is 1. The van der Waals surface area contributed by atoms with Crippen LogP contribution in [-0.2, 0) is 20.9 Å². The van der Waals surface area contributed by atoms with Gasteiger partial charge in [-0.15, -0.1) is 0 Å². The van der Waals surface area contributed by atoms with E-state index in [9.17, 15) is 18.7 Å². The van der Waals surface area contributed by atoms with Crippen molar-refractivity contribution in [2.24, 2.45) is 5.92 Å². The van der Waals surface area contributed by atoms with Gasteiger partial charge < -0.3 is 10.6 Å². The Morgan fingerprint density at radius 1 is 1.30 bits per heavy atom. The minimum atomic E-state index is -2.86. The summed E-state index contributed by atoms with van der Waals surface area (Å²) in [5, 5.41) is 15.6. The van der Waals surface area contributed by atoms with Gasteiger partial charge in [0.2, 0.25) is 5.91 Å². The van der Waals surface area contributed by atoms with Crippen molar-refractivity contribution in [3.63, 3.8) is 0 Å². The van der Waals surface area contributed by atoms with Gasteiger partial charge in [0.15, 0.2) is 0 Å². The second-order valence-electron chi connectivity index (χ2n) is 8.56. The summed E-state index contributed by atoms with van der Waals surface area (Å²) < 4.78 is 29.9. The third kappa shape index (κ3) is 4.88. The van der Waals surface area contributed by atoms with Crippen molar-refractivity contribution in [2.45, 2.75) is 48.7 Å². The van der Waals surface area contributed by atoms with Gasteiger partial charge in [-0.2, -0.15) is 5.26 Å². The van der Waals surface area contributed by atoms with E-state index in [4.69, 9.17) is 6.42 Å². The molecule has 33 heavy (non-hydrogen) atoms. The summed E-state index contributed by atoms with van der Waals surface area (Å²) in [7, 11) is -2.86. The average Bonchev–Trinajstić information content (AvgIpc) is 3.44. The molecule has 3 N–H and O–H groups in total. The number of carbonyl (C=O) groups excluding carboxylic acids is 1. The fourth-order valence-corrected chi connectivity index (χ4v) is 5.61. The zero-order chi connectivity index (χ0) is 23.6. The summed E-state index contributed by atoms with van der Waals surface area (Å²) in [6.07, 6.45) is 8.35. The summed E-state index contributed by atoms with van der Waals surface area (Å²) in [6.45, 7) is 0. The van der Waals surface area contributed by atoms with E-state index in [1.807, 2.05) is 0 Å². The van der Waals surface area contributed by atoms with Crippen molar-refractivity contribution in [2.75, 3.05) is 0 Å². The van der Waals surface area contributed by atoms with Gasteiger partial charge in [-0.05, 0) is 65.9 Å². The Morgan fingerprint density at radius 2 is 2.09 bits per heavy atom. The maximum absolute atomic E-state index is 14.9. The second-order valence-corrected chi connectivity index (χ2v) is 10.6. The van der Waals surface area contributed by atoms with Crippen LogP contribution >= 0.6 is 0 Å². The molecule has 4 rings (SSSR count). The predicted molar refractivity (Wildman–Crippen MR) is 127 cm³/mol. The Hall–Kier alpha value is -3.33. The topological polar surface area (TPSA) is 94.0 Å². The maximum Gasteiger partial charge on any atom is 0.238 e. The number of fused-ring (bicyclic) bond motifs is 2. The summed E-state index contributed by atoms with van der Waals surface area (Å²) in [4.78, 5) is 13.0.